The maximum atomic E-state index is 9.34. The Hall–Kier alpha value is -2.87. The minimum atomic E-state index is 0.0786. The summed E-state index contributed by atoms with van der Waals surface area (Å²) in [7, 11) is 0. The summed E-state index contributed by atoms with van der Waals surface area (Å²) in [6, 6.07) is 14.8. The first kappa shape index (κ1) is 15.6. The van der Waals surface area contributed by atoms with Crippen LogP contribution in [0.25, 0.3) is 16.9 Å². The van der Waals surface area contributed by atoms with E-state index in [1.807, 2.05) is 29.6 Å². The molecule has 1 fully saturated rings. The van der Waals surface area contributed by atoms with Crippen LogP contribution in [0.3, 0.4) is 0 Å². The Morgan fingerprint density at radius 1 is 1.20 bits per heavy atom. The largest absolute Gasteiger partial charge is 0.355 e. The van der Waals surface area contributed by atoms with Crippen molar-refractivity contribution in [1.82, 2.24) is 14.6 Å². The van der Waals surface area contributed by atoms with Crippen LogP contribution >= 0.6 is 0 Å². The van der Waals surface area contributed by atoms with Crippen LogP contribution in [0.5, 0.6) is 0 Å². The first-order chi connectivity index (χ1) is 12.2. The zero-order chi connectivity index (χ0) is 17.4. The molecule has 0 N–H and O–H groups in total. The van der Waals surface area contributed by atoms with Crippen molar-refractivity contribution in [3.63, 3.8) is 0 Å². The number of aromatic nitrogens is 3. The second-order valence-electron chi connectivity index (χ2n) is 6.73. The van der Waals surface area contributed by atoms with Crippen LogP contribution in [0.15, 0.2) is 36.4 Å². The van der Waals surface area contributed by atoms with Crippen LogP contribution in [0.2, 0.25) is 0 Å². The topological polar surface area (TPSA) is 57.2 Å². The third-order valence-electron chi connectivity index (χ3n) is 5.04. The van der Waals surface area contributed by atoms with Gasteiger partial charge in [0.2, 0.25) is 0 Å². The maximum absolute atomic E-state index is 9.34. The first-order valence-electron chi connectivity index (χ1n) is 8.74. The van der Waals surface area contributed by atoms with Crippen molar-refractivity contribution in [3.8, 4) is 17.3 Å². The number of hydrogen-bond donors (Lipinski definition) is 0. The van der Waals surface area contributed by atoms with Gasteiger partial charge in [0.25, 0.3) is 0 Å². The van der Waals surface area contributed by atoms with Crippen LogP contribution in [-0.4, -0.2) is 27.7 Å². The van der Waals surface area contributed by atoms with Gasteiger partial charge < -0.3 is 4.90 Å². The molecule has 1 saturated heterocycles. The number of benzene rings is 1. The quantitative estimate of drug-likeness (QED) is 0.717. The summed E-state index contributed by atoms with van der Waals surface area (Å²) in [5.74, 6) is 1.11. The molecule has 5 heteroatoms. The van der Waals surface area contributed by atoms with Gasteiger partial charge in [0, 0.05) is 30.3 Å². The van der Waals surface area contributed by atoms with Crippen LogP contribution < -0.4 is 4.90 Å². The average Bonchev–Trinajstić information content (AvgIpc) is 2.96. The fourth-order valence-corrected chi connectivity index (χ4v) is 3.49. The zero-order valence-electron chi connectivity index (χ0n) is 14.6. The minimum absolute atomic E-state index is 0.0786. The van der Waals surface area contributed by atoms with E-state index in [1.165, 1.54) is 0 Å². The molecule has 1 atom stereocenters. The van der Waals surface area contributed by atoms with Crippen LogP contribution in [0, 0.1) is 31.1 Å². The Kier molecular flexibility index (Phi) is 3.89. The second-order valence-corrected chi connectivity index (χ2v) is 6.73. The first-order valence-corrected chi connectivity index (χ1v) is 8.74. The lowest BCUT2D eigenvalue weighted by Crippen LogP contribution is -2.36. The molecular formula is C20H21N5. The molecule has 4 rings (SSSR count). The van der Waals surface area contributed by atoms with Crippen LogP contribution in [0.1, 0.15) is 24.1 Å². The van der Waals surface area contributed by atoms with Gasteiger partial charge in [-0.3, -0.25) is 0 Å². The van der Waals surface area contributed by atoms with Crippen molar-refractivity contribution in [2.75, 3.05) is 18.0 Å². The molecule has 126 valence electrons. The third-order valence-corrected chi connectivity index (χ3v) is 5.04. The van der Waals surface area contributed by atoms with Crippen molar-refractivity contribution in [2.45, 2.75) is 26.7 Å². The van der Waals surface area contributed by atoms with Gasteiger partial charge in [-0.2, -0.15) is 14.9 Å². The lowest BCUT2D eigenvalue weighted by molar-refractivity contribution is 0.488. The number of anilines is 1. The van der Waals surface area contributed by atoms with E-state index in [1.54, 1.807) is 0 Å². The Labute approximate surface area is 147 Å². The number of rotatable bonds is 2. The monoisotopic (exact) mass is 331 g/mol. The molecule has 1 aliphatic rings. The van der Waals surface area contributed by atoms with Gasteiger partial charge in [-0.25, -0.2) is 4.98 Å². The SMILES string of the molecule is Cc1nn2c(N3CCC[C@@H](C#N)C3)cc(-c3ccccc3)nc2c1C. The molecule has 1 aliphatic heterocycles. The van der Waals surface area contributed by atoms with E-state index in [0.29, 0.717) is 0 Å². The Morgan fingerprint density at radius 2 is 2.00 bits per heavy atom. The van der Waals surface area contributed by atoms with Gasteiger partial charge in [-0.1, -0.05) is 30.3 Å². The van der Waals surface area contributed by atoms with Crippen LogP contribution in [-0.2, 0) is 0 Å². The Balaban J connectivity index is 1.90. The molecule has 0 spiro atoms. The Bertz CT molecular complexity index is 952. The number of aryl methyl sites for hydroxylation is 2. The van der Waals surface area contributed by atoms with Crippen molar-refractivity contribution >= 4 is 11.5 Å². The normalized spacial score (nSPS) is 17.6. The van der Waals surface area contributed by atoms with Gasteiger partial charge in [0.05, 0.1) is 23.4 Å². The Morgan fingerprint density at radius 3 is 2.76 bits per heavy atom. The number of piperidine rings is 1. The lowest BCUT2D eigenvalue weighted by atomic mass is 9.99. The molecular weight excluding hydrogens is 310 g/mol. The van der Waals surface area contributed by atoms with E-state index < -0.39 is 0 Å². The highest BCUT2D eigenvalue weighted by molar-refractivity contribution is 5.68. The zero-order valence-corrected chi connectivity index (χ0v) is 14.6. The van der Waals surface area contributed by atoms with E-state index in [2.05, 4.69) is 36.1 Å². The summed E-state index contributed by atoms with van der Waals surface area (Å²) in [5, 5.41) is 14.0. The van der Waals surface area contributed by atoms with Gasteiger partial charge in [-0.05, 0) is 26.7 Å². The molecule has 2 aromatic heterocycles. The molecule has 0 aliphatic carbocycles. The summed E-state index contributed by atoms with van der Waals surface area (Å²) in [6.45, 7) is 5.78. The molecule has 0 unspecified atom stereocenters. The molecule has 0 saturated carbocycles. The van der Waals surface area contributed by atoms with E-state index in [4.69, 9.17) is 10.1 Å². The lowest BCUT2D eigenvalue weighted by Gasteiger charge is -2.31. The predicted octanol–water partition coefficient (Wildman–Crippen LogP) is 3.75. The molecule has 3 aromatic rings. The van der Waals surface area contributed by atoms with Gasteiger partial charge >= 0.3 is 0 Å². The standard InChI is InChI=1S/C20H21N5/c1-14-15(2)23-25-19(24-10-6-7-16(12-21)13-24)11-18(22-20(14)25)17-8-4-3-5-9-17/h3-5,8-9,11,16H,6-7,10,13H2,1-2H3/t16-/m0/s1. The van der Waals surface area contributed by atoms with E-state index >= 15 is 0 Å². The van der Waals surface area contributed by atoms with Gasteiger partial charge in [0.1, 0.15) is 5.82 Å². The van der Waals surface area contributed by atoms with E-state index in [-0.39, 0.29) is 5.92 Å². The van der Waals surface area contributed by atoms with Crippen molar-refractivity contribution in [3.05, 3.63) is 47.7 Å². The van der Waals surface area contributed by atoms with Gasteiger partial charge in [-0.15, -0.1) is 0 Å². The molecule has 25 heavy (non-hydrogen) atoms. The summed E-state index contributed by atoms with van der Waals surface area (Å²) in [4.78, 5) is 7.15. The van der Waals surface area contributed by atoms with Crippen LogP contribution in [0.4, 0.5) is 5.82 Å². The molecule has 0 amide bonds. The second kappa shape index (κ2) is 6.21. The molecule has 1 aromatic carbocycles. The van der Waals surface area contributed by atoms with E-state index in [9.17, 15) is 5.26 Å². The van der Waals surface area contributed by atoms with Crippen molar-refractivity contribution < 1.29 is 0 Å². The minimum Gasteiger partial charge on any atom is -0.355 e. The highest BCUT2D eigenvalue weighted by Crippen LogP contribution is 2.29. The molecule has 5 nitrogen and oxygen atoms in total. The number of fused-ring (bicyclic) bond motifs is 1. The van der Waals surface area contributed by atoms with Crippen molar-refractivity contribution in [2.24, 2.45) is 5.92 Å². The summed E-state index contributed by atoms with van der Waals surface area (Å²) in [5.41, 5.74) is 5.04. The fraction of sp³-hybridized carbons (Fsp3) is 0.350. The maximum Gasteiger partial charge on any atom is 0.161 e. The number of nitriles is 1. The highest BCUT2D eigenvalue weighted by atomic mass is 15.4. The third kappa shape index (κ3) is 2.74. The molecule has 0 radical (unpaired) electrons. The van der Waals surface area contributed by atoms with Gasteiger partial charge in [0.15, 0.2) is 5.65 Å². The summed E-state index contributed by atoms with van der Waals surface area (Å²) in [6.07, 6.45) is 2.01. The van der Waals surface area contributed by atoms with E-state index in [0.717, 1.165) is 59.9 Å². The molecule has 0 bridgehead atoms. The average molecular weight is 331 g/mol. The van der Waals surface area contributed by atoms with Crippen molar-refractivity contribution in [1.29, 1.82) is 5.26 Å². The number of hydrogen-bond acceptors (Lipinski definition) is 4. The fourth-order valence-electron chi connectivity index (χ4n) is 3.49. The summed E-state index contributed by atoms with van der Waals surface area (Å²) < 4.78 is 1.94. The highest BCUT2D eigenvalue weighted by Gasteiger charge is 2.23. The predicted molar refractivity (Wildman–Crippen MR) is 98.4 cm³/mol. The smallest absolute Gasteiger partial charge is 0.161 e. The number of nitrogens with zero attached hydrogens (tertiary/aromatic N) is 5. The molecule has 3 heterocycles. The summed E-state index contributed by atoms with van der Waals surface area (Å²) >= 11 is 0.